The molecule has 4 heteroatoms. The zero-order valence-electron chi connectivity index (χ0n) is 10.9. The first-order valence-corrected chi connectivity index (χ1v) is 6.34. The fraction of sp³-hybridized carbons (Fsp3) is 0.571. The summed E-state index contributed by atoms with van der Waals surface area (Å²) in [4.78, 5) is 0. The Morgan fingerprint density at radius 1 is 1.56 bits per heavy atom. The van der Waals surface area contributed by atoms with Gasteiger partial charge in [-0.2, -0.15) is 0 Å². The van der Waals surface area contributed by atoms with Gasteiger partial charge in [0.15, 0.2) is 0 Å². The fourth-order valence-electron chi connectivity index (χ4n) is 2.07. The summed E-state index contributed by atoms with van der Waals surface area (Å²) < 4.78 is 24.6. The van der Waals surface area contributed by atoms with Gasteiger partial charge in [0.2, 0.25) is 0 Å². The van der Waals surface area contributed by atoms with Gasteiger partial charge < -0.3 is 15.2 Å². The van der Waals surface area contributed by atoms with Crippen LogP contribution in [0.5, 0.6) is 5.75 Å². The van der Waals surface area contributed by atoms with Crippen molar-refractivity contribution in [2.45, 2.75) is 26.3 Å². The topological polar surface area (TPSA) is 44.5 Å². The highest BCUT2D eigenvalue weighted by molar-refractivity contribution is 5.39. The number of halogens is 1. The van der Waals surface area contributed by atoms with Crippen molar-refractivity contribution in [3.05, 3.63) is 29.1 Å². The second-order valence-electron chi connectivity index (χ2n) is 4.97. The molecule has 0 spiro atoms. The van der Waals surface area contributed by atoms with E-state index in [-0.39, 0.29) is 11.9 Å². The maximum atomic E-state index is 13.5. The third-order valence-electron chi connectivity index (χ3n) is 3.28. The Balaban J connectivity index is 2.12. The van der Waals surface area contributed by atoms with E-state index in [4.69, 9.17) is 15.2 Å². The molecule has 0 amide bonds. The molecule has 18 heavy (non-hydrogen) atoms. The van der Waals surface area contributed by atoms with Crippen molar-refractivity contribution in [2.24, 2.45) is 11.7 Å². The summed E-state index contributed by atoms with van der Waals surface area (Å²) in [6.45, 7) is 5.70. The minimum atomic E-state index is -0.241. The van der Waals surface area contributed by atoms with Crippen LogP contribution < -0.4 is 10.5 Å². The normalized spacial score (nSPS) is 21.0. The lowest BCUT2D eigenvalue weighted by Gasteiger charge is -2.17. The van der Waals surface area contributed by atoms with Crippen LogP contribution in [0.2, 0.25) is 0 Å². The van der Waals surface area contributed by atoms with Crippen molar-refractivity contribution >= 4 is 0 Å². The molecule has 1 aliphatic heterocycles. The van der Waals surface area contributed by atoms with Gasteiger partial charge in [-0.15, -0.1) is 0 Å². The van der Waals surface area contributed by atoms with Gasteiger partial charge in [0.05, 0.1) is 13.2 Å². The molecule has 1 aliphatic rings. The van der Waals surface area contributed by atoms with Gasteiger partial charge >= 0.3 is 0 Å². The molecular formula is C14H20FNO2. The monoisotopic (exact) mass is 253 g/mol. The summed E-state index contributed by atoms with van der Waals surface area (Å²) in [5.74, 6) is 0.880. The number of hydrogen-bond donors (Lipinski definition) is 1. The van der Waals surface area contributed by atoms with Crippen LogP contribution in [0, 0.1) is 18.7 Å². The molecule has 1 unspecified atom stereocenters. The van der Waals surface area contributed by atoms with Gasteiger partial charge in [-0.1, -0.05) is 0 Å². The van der Waals surface area contributed by atoms with Crippen molar-refractivity contribution in [3.8, 4) is 5.75 Å². The van der Waals surface area contributed by atoms with Crippen LogP contribution in [0.4, 0.5) is 4.39 Å². The van der Waals surface area contributed by atoms with Crippen LogP contribution >= 0.6 is 0 Å². The molecule has 0 aliphatic carbocycles. The van der Waals surface area contributed by atoms with Crippen molar-refractivity contribution in [1.29, 1.82) is 0 Å². The minimum absolute atomic E-state index is 0.237. The van der Waals surface area contributed by atoms with E-state index in [1.807, 2.05) is 6.92 Å². The second-order valence-corrected chi connectivity index (χ2v) is 4.97. The van der Waals surface area contributed by atoms with Crippen molar-refractivity contribution in [1.82, 2.24) is 0 Å². The number of hydrogen-bond acceptors (Lipinski definition) is 3. The van der Waals surface area contributed by atoms with Crippen LogP contribution in [0.25, 0.3) is 0 Å². The Labute approximate surface area is 107 Å². The predicted molar refractivity (Wildman–Crippen MR) is 68.2 cm³/mol. The summed E-state index contributed by atoms with van der Waals surface area (Å²) in [7, 11) is 0. The van der Waals surface area contributed by atoms with Crippen LogP contribution in [0.1, 0.15) is 30.5 Å². The zero-order chi connectivity index (χ0) is 13.1. The first-order chi connectivity index (χ1) is 8.58. The van der Waals surface area contributed by atoms with Crippen LogP contribution in [-0.2, 0) is 4.74 Å². The maximum Gasteiger partial charge on any atom is 0.126 e. The van der Waals surface area contributed by atoms with E-state index >= 15 is 0 Å². The van der Waals surface area contributed by atoms with E-state index in [1.54, 1.807) is 13.0 Å². The second kappa shape index (κ2) is 5.67. The lowest BCUT2D eigenvalue weighted by molar-refractivity contribution is 0.166. The minimum Gasteiger partial charge on any atom is -0.493 e. The summed E-state index contributed by atoms with van der Waals surface area (Å²) in [6, 6.07) is 2.96. The van der Waals surface area contributed by atoms with E-state index in [1.165, 1.54) is 6.07 Å². The third-order valence-corrected chi connectivity index (χ3v) is 3.28. The SMILES string of the molecule is Cc1cc(OCC2CCOC2)c([C@H](C)N)cc1F. The number of benzene rings is 1. The number of aryl methyl sites for hydroxylation is 1. The van der Waals surface area contributed by atoms with Gasteiger partial charge in [0.25, 0.3) is 0 Å². The predicted octanol–water partition coefficient (Wildman–Crippen LogP) is 2.57. The van der Waals surface area contributed by atoms with Gasteiger partial charge in [-0.3, -0.25) is 0 Å². The van der Waals surface area contributed by atoms with Crippen LogP contribution in [-0.4, -0.2) is 19.8 Å². The summed E-state index contributed by atoms with van der Waals surface area (Å²) in [6.07, 6.45) is 1.02. The Morgan fingerprint density at radius 2 is 2.33 bits per heavy atom. The summed E-state index contributed by atoms with van der Waals surface area (Å²) >= 11 is 0. The lowest BCUT2D eigenvalue weighted by Crippen LogP contribution is -2.15. The molecule has 1 aromatic carbocycles. The van der Waals surface area contributed by atoms with E-state index in [0.29, 0.717) is 23.8 Å². The van der Waals surface area contributed by atoms with E-state index in [0.717, 1.165) is 25.2 Å². The van der Waals surface area contributed by atoms with Gasteiger partial charge in [-0.25, -0.2) is 4.39 Å². The summed E-state index contributed by atoms with van der Waals surface area (Å²) in [5, 5.41) is 0. The van der Waals surface area contributed by atoms with Crippen molar-refractivity contribution in [3.63, 3.8) is 0 Å². The number of rotatable bonds is 4. The first-order valence-electron chi connectivity index (χ1n) is 6.34. The summed E-state index contributed by atoms with van der Waals surface area (Å²) in [5.41, 5.74) is 7.15. The highest BCUT2D eigenvalue weighted by atomic mass is 19.1. The molecule has 1 fully saturated rings. The molecule has 0 bridgehead atoms. The van der Waals surface area contributed by atoms with Crippen molar-refractivity contribution in [2.75, 3.05) is 19.8 Å². The smallest absolute Gasteiger partial charge is 0.126 e. The largest absolute Gasteiger partial charge is 0.493 e. The molecule has 0 saturated carbocycles. The quantitative estimate of drug-likeness (QED) is 0.897. The molecule has 0 radical (unpaired) electrons. The Kier molecular flexibility index (Phi) is 4.19. The highest BCUT2D eigenvalue weighted by Crippen LogP contribution is 2.28. The Morgan fingerprint density at radius 3 is 2.94 bits per heavy atom. The molecule has 1 aromatic rings. The number of nitrogens with two attached hydrogens (primary N) is 1. The third kappa shape index (κ3) is 3.00. The number of ether oxygens (including phenoxy) is 2. The molecule has 2 rings (SSSR count). The van der Waals surface area contributed by atoms with Gasteiger partial charge in [-0.05, 0) is 38.0 Å². The molecule has 100 valence electrons. The molecule has 0 aromatic heterocycles. The van der Waals surface area contributed by atoms with E-state index in [2.05, 4.69) is 0 Å². The molecule has 3 nitrogen and oxygen atoms in total. The Hall–Kier alpha value is -1.13. The lowest BCUT2D eigenvalue weighted by atomic mass is 10.0. The van der Waals surface area contributed by atoms with Gasteiger partial charge in [0.1, 0.15) is 11.6 Å². The fourth-order valence-corrected chi connectivity index (χ4v) is 2.07. The van der Waals surface area contributed by atoms with E-state index in [9.17, 15) is 4.39 Å². The average molecular weight is 253 g/mol. The molecule has 1 heterocycles. The molecule has 2 atom stereocenters. The average Bonchev–Trinajstić information content (AvgIpc) is 2.83. The zero-order valence-corrected chi connectivity index (χ0v) is 10.9. The van der Waals surface area contributed by atoms with Crippen LogP contribution in [0.3, 0.4) is 0 Å². The van der Waals surface area contributed by atoms with E-state index < -0.39 is 0 Å². The van der Waals surface area contributed by atoms with Crippen molar-refractivity contribution < 1.29 is 13.9 Å². The van der Waals surface area contributed by atoms with Gasteiger partial charge in [0, 0.05) is 24.1 Å². The maximum absolute atomic E-state index is 13.5. The molecular weight excluding hydrogens is 233 g/mol. The highest BCUT2D eigenvalue weighted by Gasteiger charge is 2.18. The first kappa shape index (κ1) is 13.3. The Bertz CT molecular complexity index is 415. The van der Waals surface area contributed by atoms with Crippen LogP contribution in [0.15, 0.2) is 12.1 Å². The molecule has 1 saturated heterocycles. The standard InChI is InChI=1S/C14H20FNO2/c1-9-5-14(12(10(2)16)6-13(9)15)18-8-11-3-4-17-7-11/h5-6,10-11H,3-4,7-8,16H2,1-2H3/t10-,11?/m0/s1. The molecule has 2 N–H and O–H groups in total.